The summed E-state index contributed by atoms with van der Waals surface area (Å²) in [6, 6.07) is 11.6. The van der Waals surface area contributed by atoms with Crippen molar-refractivity contribution in [2.75, 3.05) is 32.8 Å². The van der Waals surface area contributed by atoms with Gasteiger partial charge in [-0.3, -0.25) is 9.69 Å². The molecule has 0 saturated carbocycles. The van der Waals surface area contributed by atoms with Gasteiger partial charge in [-0.2, -0.15) is 0 Å². The lowest BCUT2D eigenvalue weighted by molar-refractivity contribution is -0.146. The van der Waals surface area contributed by atoms with Crippen molar-refractivity contribution in [3.05, 3.63) is 47.5 Å². The summed E-state index contributed by atoms with van der Waals surface area (Å²) in [5.74, 6) is 1.69. The van der Waals surface area contributed by atoms with Gasteiger partial charge < -0.3 is 9.64 Å². The number of fused-ring (bicyclic) bond motifs is 6. The van der Waals surface area contributed by atoms with E-state index in [0.717, 1.165) is 31.8 Å². The second-order valence-corrected chi connectivity index (χ2v) is 10.6. The minimum absolute atomic E-state index is 0.323. The van der Waals surface area contributed by atoms with Crippen LogP contribution in [0.25, 0.3) is 0 Å². The molecule has 31 heavy (non-hydrogen) atoms. The fourth-order valence-corrected chi connectivity index (χ4v) is 7.58. The molecular weight excluding hydrogens is 384 g/mol. The van der Waals surface area contributed by atoms with Gasteiger partial charge in [0.15, 0.2) is 0 Å². The summed E-state index contributed by atoms with van der Waals surface area (Å²) in [4.78, 5) is 19.5. The summed E-state index contributed by atoms with van der Waals surface area (Å²) < 4.78 is 5.73. The first-order chi connectivity index (χ1) is 15.3. The van der Waals surface area contributed by atoms with Crippen molar-refractivity contribution in [2.45, 2.75) is 68.9 Å². The molecule has 166 valence electrons. The summed E-state index contributed by atoms with van der Waals surface area (Å²) in [6.07, 6.45) is 11.9. The third-order valence-corrected chi connectivity index (χ3v) is 9.00. The molecule has 0 aromatic heterocycles. The Hall–Kier alpha value is -1.65. The second kappa shape index (κ2) is 8.04. The molecule has 5 aliphatic rings. The summed E-state index contributed by atoms with van der Waals surface area (Å²) >= 11 is 0. The Morgan fingerprint density at radius 2 is 1.87 bits per heavy atom. The average molecular weight is 421 g/mol. The number of benzene rings is 1. The summed E-state index contributed by atoms with van der Waals surface area (Å²) in [6.45, 7) is 4.73. The number of carbonyl (C=O) groups is 1. The van der Waals surface area contributed by atoms with Crippen LogP contribution in [-0.2, 0) is 14.9 Å². The number of likely N-dealkylation sites (tertiary alicyclic amines) is 1. The molecule has 4 atom stereocenters. The Labute approximate surface area is 186 Å². The molecule has 4 saturated heterocycles. The van der Waals surface area contributed by atoms with Crippen LogP contribution >= 0.6 is 0 Å². The number of piperidine rings is 3. The predicted molar refractivity (Wildman–Crippen MR) is 122 cm³/mol. The highest BCUT2D eigenvalue weighted by Crippen LogP contribution is 2.47. The molecule has 1 aromatic carbocycles. The number of hydrogen-bond donors (Lipinski definition) is 0. The van der Waals surface area contributed by atoms with Gasteiger partial charge >= 0.3 is 0 Å². The molecule has 2 bridgehead atoms. The van der Waals surface area contributed by atoms with E-state index in [1.165, 1.54) is 50.8 Å². The topological polar surface area (TPSA) is 32.8 Å². The Morgan fingerprint density at radius 1 is 1.03 bits per heavy atom. The molecule has 4 fully saturated rings. The number of hydrogen-bond acceptors (Lipinski definition) is 3. The van der Waals surface area contributed by atoms with Gasteiger partial charge in [-0.25, -0.2) is 0 Å². The Bertz CT molecular complexity index is 844. The number of nitrogens with zero attached hydrogens (tertiary/aromatic N) is 2. The maximum absolute atomic E-state index is 14.4. The molecule has 4 heteroatoms. The Kier molecular flexibility index (Phi) is 5.19. The van der Waals surface area contributed by atoms with Crippen molar-refractivity contribution in [3.63, 3.8) is 0 Å². The van der Waals surface area contributed by atoms with Gasteiger partial charge in [-0.1, -0.05) is 48.4 Å². The normalized spacial score (nSPS) is 35.0. The molecular formula is C27H36N2O2. The summed E-state index contributed by atoms with van der Waals surface area (Å²) in [5, 5.41) is 0. The van der Waals surface area contributed by atoms with E-state index in [2.05, 4.69) is 46.2 Å². The molecule has 1 aliphatic carbocycles. The number of ether oxygens (including phenoxy) is 1. The lowest BCUT2D eigenvalue weighted by Gasteiger charge is -2.55. The van der Waals surface area contributed by atoms with Gasteiger partial charge in [0.2, 0.25) is 5.91 Å². The van der Waals surface area contributed by atoms with Crippen LogP contribution in [0.1, 0.15) is 56.9 Å². The summed E-state index contributed by atoms with van der Waals surface area (Å²) in [7, 11) is 0. The van der Waals surface area contributed by atoms with E-state index in [9.17, 15) is 4.79 Å². The molecule has 4 nitrogen and oxygen atoms in total. The minimum atomic E-state index is -0.416. The average Bonchev–Trinajstić information content (AvgIpc) is 2.84. The SMILES string of the molecule is O=C(N1CCCC2=C[C@H]3C[C@@H](CN4CCCCC34)C21)C1(c2ccccc2)CCOCC1. The van der Waals surface area contributed by atoms with Gasteiger partial charge in [0.05, 0.1) is 11.5 Å². The molecule has 6 rings (SSSR count). The van der Waals surface area contributed by atoms with Gasteiger partial charge in [0, 0.05) is 32.3 Å². The van der Waals surface area contributed by atoms with Crippen molar-refractivity contribution in [1.29, 1.82) is 0 Å². The third kappa shape index (κ3) is 3.29. The fourth-order valence-electron chi connectivity index (χ4n) is 7.58. The molecule has 1 aromatic rings. The first kappa shape index (κ1) is 20.0. The van der Waals surface area contributed by atoms with Gasteiger partial charge in [0.25, 0.3) is 0 Å². The molecule has 0 radical (unpaired) electrons. The lowest BCUT2D eigenvalue weighted by Crippen LogP contribution is -2.62. The van der Waals surface area contributed by atoms with E-state index in [4.69, 9.17) is 4.74 Å². The largest absolute Gasteiger partial charge is 0.381 e. The van der Waals surface area contributed by atoms with Crippen molar-refractivity contribution >= 4 is 5.91 Å². The molecule has 4 aliphatic heterocycles. The van der Waals surface area contributed by atoms with Crippen molar-refractivity contribution in [1.82, 2.24) is 9.80 Å². The van der Waals surface area contributed by atoms with Gasteiger partial charge in [-0.15, -0.1) is 0 Å². The van der Waals surface area contributed by atoms with E-state index in [0.29, 0.717) is 37.0 Å². The minimum Gasteiger partial charge on any atom is -0.381 e. The lowest BCUT2D eigenvalue weighted by atomic mass is 9.66. The quantitative estimate of drug-likeness (QED) is 0.674. The van der Waals surface area contributed by atoms with E-state index < -0.39 is 5.41 Å². The molecule has 4 heterocycles. The van der Waals surface area contributed by atoms with Crippen LogP contribution < -0.4 is 0 Å². The third-order valence-electron chi connectivity index (χ3n) is 9.00. The zero-order valence-electron chi connectivity index (χ0n) is 18.7. The van der Waals surface area contributed by atoms with E-state index >= 15 is 0 Å². The molecule has 2 unspecified atom stereocenters. The van der Waals surface area contributed by atoms with Crippen LogP contribution in [0.4, 0.5) is 0 Å². The summed E-state index contributed by atoms with van der Waals surface area (Å²) in [5.41, 5.74) is 2.36. The number of rotatable bonds is 2. The first-order valence-corrected chi connectivity index (χ1v) is 12.7. The predicted octanol–water partition coefficient (Wildman–Crippen LogP) is 4.16. The smallest absolute Gasteiger partial charge is 0.233 e. The maximum Gasteiger partial charge on any atom is 0.233 e. The monoisotopic (exact) mass is 420 g/mol. The first-order valence-electron chi connectivity index (χ1n) is 12.7. The zero-order chi connectivity index (χ0) is 20.8. The van der Waals surface area contributed by atoms with Crippen molar-refractivity contribution in [3.8, 4) is 0 Å². The van der Waals surface area contributed by atoms with Crippen molar-refractivity contribution in [2.24, 2.45) is 11.8 Å². The van der Waals surface area contributed by atoms with Crippen LogP contribution in [0.2, 0.25) is 0 Å². The van der Waals surface area contributed by atoms with E-state index in [1.54, 1.807) is 5.57 Å². The molecule has 0 spiro atoms. The molecule has 1 amide bonds. The highest BCUT2D eigenvalue weighted by molar-refractivity contribution is 5.89. The number of amides is 1. The van der Waals surface area contributed by atoms with Crippen LogP contribution in [0.5, 0.6) is 0 Å². The van der Waals surface area contributed by atoms with Crippen molar-refractivity contribution < 1.29 is 9.53 Å². The van der Waals surface area contributed by atoms with Crippen LogP contribution in [0, 0.1) is 11.8 Å². The highest BCUT2D eigenvalue weighted by Gasteiger charge is 2.51. The number of carbonyl (C=O) groups excluding carboxylic acids is 1. The van der Waals surface area contributed by atoms with Crippen LogP contribution in [0.15, 0.2) is 42.0 Å². The Balaban J connectivity index is 1.35. The molecule has 0 N–H and O–H groups in total. The highest BCUT2D eigenvalue weighted by atomic mass is 16.5. The van der Waals surface area contributed by atoms with E-state index in [-0.39, 0.29) is 0 Å². The Morgan fingerprint density at radius 3 is 2.71 bits per heavy atom. The second-order valence-electron chi connectivity index (χ2n) is 10.6. The van der Waals surface area contributed by atoms with Crippen LogP contribution in [0.3, 0.4) is 0 Å². The maximum atomic E-state index is 14.4. The standard InChI is InChI=1S/C27H36N2O2/c30-26(27(11-15-31-16-12-27)23-8-2-1-3-9-23)29-14-6-7-20-17-21-18-22(25(20)29)19-28-13-5-4-10-24(21)28/h1-3,8-9,17,21-22,24-25H,4-7,10-16,18-19H2/t21-,22-,24?,25?/m0/s1. The van der Waals surface area contributed by atoms with Crippen LogP contribution in [-0.4, -0.2) is 60.6 Å². The van der Waals surface area contributed by atoms with Gasteiger partial charge in [0.1, 0.15) is 0 Å². The van der Waals surface area contributed by atoms with E-state index in [1.807, 2.05) is 0 Å². The fraction of sp³-hybridized carbons (Fsp3) is 0.667. The zero-order valence-corrected chi connectivity index (χ0v) is 18.7. The van der Waals surface area contributed by atoms with Gasteiger partial charge in [-0.05, 0) is 68.9 Å².